The summed E-state index contributed by atoms with van der Waals surface area (Å²) in [5, 5.41) is 13.6. The summed E-state index contributed by atoms with van der Waals surface area (Å²) in [5.41, 5.74) is 0.479. The molecule has 6 nitrogen and oxygen atoms in total. The lowest BCUT2D eigenvalue weighted by atomic mass is 9.92. The van der Waals surface area contributed by atoms with Crippen LogP contribution < -0.4 is 14.8 Å². The van der Waals surface area contributed by atoms with Gasteiger partial charge >= 0.3 is 0 Å². The maximum atomic E-state index is 10.4. The second kappa shape index (κ2) is 5.97. The standard InChI is InChI=1S/C12H19N3O3/c1-17-9-7-14-10(12(15-9)18-2)11(16)8-4-3-5-13-6-8/h7-8,11,13,16H,3-6H2,1-2H3. The molecule has 1 saturated heterocycles. The van der Waals surface area contributed by atoms with E-state index in [0.29, 0.717) is 17.5 Å². The lowest BCUT2D eigenvalue weighted by molar-refractivity contribution is 0.0847. The first kappa shape index (κ1) is 13.0. The van der Waals surface area contributed by atoms with Gasteiger partial charge in [-0.3, -0.25) is 0 Å². The molecule has 1 aliphatic heterocycles. The van der Waals surface area contributed by atoms with Gasteiger partial charge in [-0.25, -0.2) is 4.98 Å². The van der Waals surface area contributed by atoms with Gasteiger partial charge < -0.3 is 19.9 Å². The van der Waals surface area contributed by atoms with Crippen LogP contribution in [0.15, 0.2) is 6.20 Å². The van der Waals surface area contributed by atoms with E-state index in [1.54, 1.807) is 0 Å². The molecule has 2 N–H and O–H groups in total. The SMILES string of the molecule is COc1cnc(C(O)C2CCCNC2)c(OC)n1. The minimum absolute atomic E-state index is 0.148. The summed E-state index contributed by atoms with van der Waals surface area (Å²) in [4.78, 5) is 8.34. The molecule has 100 valence electrons. The molecule has 0 aromatic carbocycles. The van der Waals surface area contributed by atoms with E-state index in [1.165, 1.54) is 20.4 Å². The Balaban J connectivity index is 2.20. The first-order valence-electron chi connectivity index (χ1n) is 6.10. The second-order valence-corrected chi connectivity index (χ2v) is 4.36. The molecule has 0 radical (unpaired) electrons. The second-order valence-electron chi connectivity index (χ2n) is 4.36. The molecule has 1 aromatic heterocycles. The molecule has 2 atom stereocenters. The average molecular weight is 253 g/mol. The van der Waals surface area contributed by atoms with Crippen LogP contribution in [0.2, 0.25) is 0 Å². The van der Waals surface area contributed by atoms with E-state index >= 15 is 0 Å². The summed E-state index contributed by atoms with van der Waals surface area (Å²) in [6, 6.07) is 0. The molecule has 18 heavy (non-hydrogen) atoms. The molecule has 2 rings (SSSR count). The van der Waals surface area contributed by atoms with Crippen LogP contribution in [-0.2, 0) is 0 Å². The third-order valence-electron chi connectivity index (χ3n) is 3.21. The van der Waals surface area contributed by atoms with E-state index in [9.17, 15) is 5.11 Å². The van der Waals surface area contributed by atoms with Crippen LogP contribution in [0.5, 0.6) is 11.8 Å². The summed E-state index contributed by atoms with van der Waals surface area (Å²) in [5.74, 6) is 0.854. The van der Waals surface area contributed by atoms with Crippen molar-refractivity contribution in [2.75, 3.05) is 27.3 Å². The molecular formula is C12H19N3O3. The van der Waals surface area contributed by atoms with Crippen LogP contribution in [0.25, 0.3) is 0 Å². The Morgan fingerprint density at radius 3 is 2.89 bits per heavy atom. The van der Waals surface area contributed by atoms with Gasteiger partial charge in [0, 0.05) is 12.5 Å². The van der Waals surface area contributed by atoms with Crippen molar-refractivity contribution in [3.63, 3.8) is 0 Å². The van der Waals surface area contributed by atoms with Gasteiger partial charge in [-0.15, -0.1) is 0 Å². The zero-order chi connectivity index (χ0) is 13.0. The van der Waals surface area contributed by atoms with E-state index in [0.717, 1.165) is 25.9 Å². The van der Waals surface area contributed by atoms with Crippen LogP contribution in [0.4, 0.5) is 0 Å². The fourth-order valence-electron chi connectivity index (χ4n) is 2.19. The van der Waals surface area contributed by atoms with Gasteiger partial charge in [-0.2, -0.15) is 4.98 Å². The highest BCUT2D eigenvalue weighted by Crippen LogP contribution is 2.31. The summed E-state index contributed by atoms with van der Waals surface area (Å²) < 4.78 is 10.2. The monoisotopic (exact) mass is 253 g/mol. The smallest absolute Gasteiger partial charge is 0.241 e. The summed E-state index contributed by atoms with van der Waals surface area (Å²) in [7, 11) is 3.03. The molecule has 1 aromatic rings. The Kier molecular flexibility index (Phi) is 4.33. The molecule has 1 fully saturated rings. The number of hydrogen-bond donors (Lipinski definition) is 2. The van der Waals surface area contributed by atoms with Gasteiger partial charge in [0.2, 0.25) is 11.8 Å². The van der Waals surface area contributed by atoms with E-state index in [1.807, 2.05) is 0 Å². The summed E-state index contributed by atoms with van der Waals surface area (Å²) in [6.45, 7) is 1.80. The number of methoxy groups -OCH3 is 2. The topological polar surface area (TPSA) is 76.5 Å². The largest absolute Gasteiger partial charge is 0.480 e. The number of nitrogens with zero attached hydrogens (tertiary/aromatic N) is 2. The van der Waals surface area contributed by atoms with Gasteiger partial charge in [0.15, 0.2) is 0 Å². The van der Waals surface area contributed by atoms with Crippen molar-refractivity contribution < 1.29 is 14.6 Å². The van der Waals surface area contributed by atoms with Crippen molar-refractivity contribution in [2.45, 2.75) is 18.9 Å². The number of aliphatic hydroxyl groups excluding tert-OH is 1. The number of aromatic nitrogens is 2. The molecule has 6 heteroatoms. The third-order valence-corrected chi connectivity index (χ3v) is 3.21. The van der Waals surface area contributed by atoms with Crippen molar-refractivity contribution in [2.24, 2.45) is 5.92 Å². The molecule has 1 aliphatic rings. The van der Waals surface area contributed by atoms with Gasteiger partial charge in [0.1, 0.15) is 11.8 Å². The normalized spacial score (nSPS) is 21.4. The van der Waals surface area contributed by atoms with Gasteiger partial charge in [0.25, 0.3) is 0 Å². The maximum absolute atomic E-state index is 10.4. The Hall–Kier alpha value is -1.40. The fourth-order valence-corrected chi connectivity index (χ4v) is 2.19. The molecule has 0 aliphatic carbocycles. The van der Waals surface area contributed by atoms with E-state index in [2.05, 4.69) is 15.3 Å². The van der Waals surface area contributed by atoms with Gasteiger partial charge in [0.05, 0.1) is 20.4 Å². The number of piperidine rings is 1. The fraction of sp³-hybridized carbons (Fsp3) is 0.667. The van der Waals surface area contributed by atoms with Crippen LogP contribution >= 0.6 is 0 Å². The van der Waals surface area contributed by atoms with E-state index in [4.69, 9.17) is 9.47 Å². The minimum atomic E-state index is -0.661. The zero-order valence-electron chi connectivity index (χ0n) is 10.7. The number of ether oxygens (including phenoxy) is 2. The van der Waals surface area contributed by atoms with Gasteiger partial charge in [-0.05, 0) is 19.4 Å². The first-order valence-corrected chi connectivity index (χ1v) is 6.10. The van der Waals surface area contributed by atoms with Crippen LogP contribution in [0, 0.1) is 5.92 Å². The number of nitrogens with one attached hydrogen (secondary N) is 1. The Morgan fingerprint density at radius 1 is 1.44 bits per heavy atom. The van der Waals surface area contributed by atoms with E-state index in [-0.39, 0.29) is 5.92 Å². The van der Waals surface area contributed by atoms with Crippen molar-refractivity contribution in [3.05, 3.63) is 11.9 Å². The third kappa shape index (κ3) is 2.70. The maximum Gasteiger partial charge on any atom is 0.241 e. The molecule has 2 unspecified atom stereocenters. The van der Waals surface area contributed by atoms with Crippen molar-refractivity contribution >= 4 is 0 Å². The molecule has 0 saturated carbocycles. The predicted molar refractivity (Wildman–Crippen MR) is 65.7 cm³/mol. The van der Waals surface area contributed by atoms with Crippen LogP contribution in [-0.4, -0.2) is 42.4 Å². The van der Waals surface area contributed by atoms with Crippen molar-refractivity contribution in [3.8, 4) is 11.8 Å². The van der Waals surface area contributed by atoms with Crippen LogP contribution in [0.1, 0.15) is 24.6 Å². The predicted octanol–water partition coefficient (Wildman–Crippen LogP) is 0.527. The quantitative estimate of drug-likeness (QED) is 0.815. The highest BCUT2D eigenvalue weighted by atomic mass is 16.5. The van der Waals surface area contributed by atoms with Crippen molar-refractivity contribution in [1.29, 1.82) is 0 Å². The lowest BCUT2D eigenvalue weighted by Crippen LogP contribution is -2.33. The summed E-state index contributed by atoms with van der Waals surface area (Å²) >= 11 is 0. The highest BCUT2D eigenvalue weighted by molar-refractivity contribution is 5.25. The Bertz CT molecular complexity index is 394. The summed E-state index contributed by atoms with van der Waals surface area (Å²) in [6.07, 6.45) is 2.88. The zero-order valence-corrected chi connectivity index (χ0v) is 10.7. The molecule has 0 bridgehead atoms. The molecule has 2 heterocycles. The lowest BCUT2D eigenvalue weighted by Gasteiger charge is -2.27. The Morgan fingerprint density at radius 2 is 2.28 bits per heavy atom. The number of rotatable bonds is 4. The van der Waals surface area contributed by atoms with Gasteiger partial charge in [-0.1, -0.05) is 0 Å². The molecular weight excluding hydrogens is 234 g/mol. The average Bonchev–Trinajstić information content (AvgIpc) is 2.46. The minimum Gasteiger partial charge on any atom is -0.480 e. The first-order chi connectivity index (χ1) is 8.76. The van der Waals surface area contributed by atoms with Crippen molar-refractivity contribution in [1.82, 2.24) is 15.3 Å². The van der Waals surface area contributed by atoms with E-state index < -0.39 is 6.10 Å². The molecule has 0 spiro atoms. The number of aliphatic hydroxyl groups is 1. The Labute approximate surface area is 106 Å². The van der Waals surface area contributed by atoms with Crippen LogP contribution in [0.3, 0.4) is 0 Å². The highest BCUT2D eigenvalue weighted by Gasteiger charge is 2.27. The number of hydrogen-bond acceptors (Lipinski definition) is 6. The molecule has 0 amide bonds.